The largest absolute Gasteiger partial charge is 0.311 e. The van der Waals surface area contributed by atoms with E-state index in [1.54, 1.807) is 15.9 Å². The second-order valence-electron chi connectivity index (χ2n) is 5.45. The Balaban J connectivity index is 1.88. The normalized spacial score (nSPS) is 12.6. The topological polar surface area (TPSA) is 34.0 Å². The highest BCUT2D eigenvalue weighted by Crippen LogP contribution is 2.22. The summed E-state index contributed by atoms with van der Waals surface area (Å²) in [7, 11) is 1.84. The van der Waals surface area contributed by atoms with Crippen LogP contribution in [0.1, 0.15) is 29.8 Å². The molecule has 0 aliphatic rings. The minimum atomic E-state index is 0.0761. The molecule has 1 N–H and O–H groups in total. The van der Waals surface area contributed by atoms with Crippen LogP contribution < -0.4 is 10.9 Å². The van der Waals surface area contributed by atoms with Gasteiger partial charge in [0.1, 0.15) is 0 Å². The number of benzene rings is 1. The summed E-state index contributed by atoms with van der Waals surface area (Å²) < 4.78 is 1.73. The third-order valence-corrected chi connectivity index (χ3v) is 5.03. The molecule has 0 saturated heterocycles. The summed E-state index contributed by atoms with van der Waals surface area (Å²) in [5.41, 5.74) is 1.87. The third kappa shape index (κ3) is 2.85. The van der Waals surface area contributed by atoms with Gasteiger partial charge in [-0.15, -0.1) is 11.3 Å². The fourth-order valence-electron chi connectivity index (χ4n) is 2.78. The molecule has 0 aliphatic heterocycles. The van der Waals surface area contributed by atoms with Gasteiger partial charge in [-0.3, -0.25) is 4.79 Å². The van der Waals surface area contributed by atoms with Gasteiger partial charge in [0.2, 0.25) is 0 Å². The van der Waals surface area contributed by atoms with Crippen molar-refractivity contribution in [3.05, 3.63) is 68.6 Å². The Morgan fingerprint density at radius 1 is 1.23 bits per heavy atom. The van der Waals surface area contributed by atoms with Gasteiger partial charge in [0, 0.05) is 30.1 Å². The van der Waals surface area contributed by atoms with Gasteiger partial charge in [0.05, 0.1) is 5.52 Å². The van der Waals surface area contributed by atoms with Crippen LogP contribution in [0.15, 0.2) is 52.6 Å². The van der Waals surface area contributed by atoms with Crippen LogP contribution in [0.5, 0.6) is 0 Å². The number of thiophene rings is 1. The van der Waals surface area contributed by atoms with Crippen molar-refractivity contribution in [2.45, 2.75) is 25.9 Å². The van der Waals surface area contributed by atoms with Crippen LogP contribution in [-0.2, 0) is 13.6 Å². The lowest BCUT2D eigenvalue weighted by atomic mass is 10.1. The monoisotopic (exact) mass is 312 g/mol. The fourth-order valence-corrected chi connectivity index (χ4v) is 3.67. The molecular weight excluding hydrogens is 292 g/mol. The molecule has 3 aromatic rings. The molecule has 2 heterocycles. The van der Waals surface area contributed by atoms with Crippen molar-refractivity contribution >= 4 is 22.2 Å². The van der Waals surface area contributed by atoms with Crippen molar-refractivity contribution < 1.29 is 0 Å². The molecule has 2 aromatic heterocycles. The van der Waals surface area contributed by atoms with Gasteiger partial charge in [0.25, 0.3) is 5.56 Å². The van der Waals surface area contributed by atoms with E-state index < -0.39 is 0 Å². The van der Waals surface area contributed by atoms with Crippen molar-refractivity contribution in [3.63, 3.8) is 0 Å². The standard InChI is InChI=1S/C18H20N2OS/c1-3-15(17-9-6-10-22-17)19-12-14-11-13-7-4-5-8-16(13)20(2)18(14)21/h4-11,15,19H,3,12H2,1-2H3. The molecule has 0 radical (unpaired) electrons. The number of nitrogens with one attached hydrogen (secondary N) is 1. The average Bonchev–Trinajstić information content (AvgIpc) is 3.07. The molecule has 0 fully saturated rings. The van der Waals surface area contributed by atoms with Gasteiger partial charge in [-0.25, -0.2) is 0 Å². The molecule has 22 heavy (non-hydrogen) atoms. The molecule has 114 valence electrons. The summed E-state index contributed by atoms with van der Waals surface area (Å²) in [6.07, 6.45) is 1.01. The number of hydrogen-bond donors (Lipinski definition) is 1. The Hall–Kier alpha value is -1.91. The molecule has 0 bridgehead atoms. The second-order valence-corrected chi connectivity index (χ2v) is 6.43. The van der Waals surface area contributed by atoms with E-state index in [9.17, 15) is 4.79 Å². The number of aromatic nitrogens is 1. The van der Waals surface area contributed by atoms with Crippen LogP contribution in [0, 0.1) is 0 Å². The van der Waals surface area contributed by atoms with Gasteiger partial charge in [-0.1, -0.05) is 31.2 Å². The van der Waals surface area contributed by atoms with E-state index in [0.717, 1.165) is 22.9 Å². The first kappa shape index (κ1) is 15.0. The zero-order chi connectivity index (χ0) is 15.5. The van der Waals surface area contributed by atoms with Crippen molar-refractivity contribution in [2.75, 3.05) is 0 Å². The Morgan fingerprint density at radius 3 is 2.77 bits per heavy atom. The highest BCUT2D eigenvalue weighted by Gasteiger charge is 2.12. The molecule has 4 heteroatoms. The van der Waals surface area contributed by atoms with Gasteiger partial charge < -0.3 is 9.88 Å². The SMILES string of the molecule is CCC(NCc1cc2ccccc2n(C)c1=O)c1cccs1. The molecule has 0 saturated carbocycles. The van der Waals surface area contributed by atoms with E-state index in [1.807, 2.05) is 31.3 Å². The number of aryl methyl sites for hydroxylation is 1. The van der Waals surface area contributed by atoms with Crippen LogP contribution in [0.2, 0.25) is 0 Å². The van der Waals surface area contributed by atoms with E-state index in [1.165, 1.54) is 4.88 Å². The van der Waals surface area contributed by atoms with E-state index in [2.05, 4.69) is 35.8 Å². The molecule has 0 spiro atoms. The maximum absolute atomic E-state index is 12.5. The molecule has 3 nitrogen and oxygen atoms in total. The lowest BCUT2D eigenvalue weighted by Gasteiger charge is -2.16. The van der Waals surface area contributed by atoms with Crippen LogP contribution in [-0.4, -0.2) is 4.57 Å². The first-order valence-electron chi connectivity index (χ1n) is 7.55. The Kier molecular flexibility index (Phi) is 4.41. The molecule has 1 unspecified atom stereocenters. The quantitative estimate of drug-likeness (QED) is 0.776. The highest BCUT2D eigenvalue weighted by molar-refractivity contribution is 7.10. The predicted octanol–water partition coefficient (Wildman–Crippen LogP) is 3.84. The fraction of sp³-hybridized carbons (Fsp3) is 0.278. The number of fused-ring (bicyclic) bond motifs is 1. The number of pyridine rings is 1. The smallest absolute Gasteiger partial charge is 0.255 e. The number of hydrogen-bond acceptors (Lipinski definition) is 3. The van der Waals surface area contributed by atoms with Gasteiger partial charge in [-0.2, -0.15) is 0 Å². The summed E-state index contributed by atoms with van der Waals surface area (Å²) in [6.45, 7) is 2.75. The minimum Gasteiger partial charge on any atom is -0.311 e. The van der Waals surface area contributed by atoms with Crippen molar-refractivity contribution in [3.8, 4) is 0 Å². The highest BCUT2D eigenvalue weighted by atomic mass is 32.1. The van der Waals surface area contributed by atoms with E-state index in [-0.39, 0.29) is 5.56 Å². The lowest BCUT2D eigenvalue weighted by molar-refractivity contribution is 0.524. The van der Waals surface area contributed by atoms with Crippen LogP contribution >= 0.6 is 11.3 Å². The second kappa shape index (κ2) is 6.46. The minimum absolute atomic E-state index is 0.0761. The first-order valence-corrected chi connectivity index (χ1v) is 8.43. The Labute approximate surface area is 134 Å². The van der Waals surface area contributed by atoms with Crippen molar-refractivity contribution in [1.29, 1.82) is 0 Å². The molecular formula is C18H20N2OS. The Bertz CT molecular complexity index is 821. The van der Waals surface area contributed by atoms with Crippen molar-refractivity contribution in [2.24, 2.45) is 7.05 Å². The number of nitrogens with zero attached hydrogens (tertiary/aromatic N) is 1. The van der Waals surface area contributed by atoms with Gasteiger partial charge in [-0.05, 0) is 35.4 Å². The zero-order valence-electron chi connectivity index (χ0n) is 12.9. The molecule has 0 amide bonds. The summed E-state index contributed by atoms with van der Waals surface area (Å²) in [6, 6.07) is 14.5. The zero-order valence-corrected chi connectivity index (χ0v) is 13.7. The van der Waals surface area contributed by atoms with E-state index in [4.69, 9.17) is 0 Å². The van der Waals surface area contributed by atoms with E-state index >= 15 is 0 Å². The third-order valence-electron chi connectivity index (χ3n) is 4.04. The molecule has 0 aliphatic carbocycles. The molecule has 3 rings (SSSR count). The van der Waals surface area contributed by atoms with Crippen LogP contribution in [0.4, 0.5) is 0 Å². The summed E-state index contributed by atoms with van der Waals surface area (Å²) in [5.74, 6) is 0. The first-order chi connectivity index (χ1) is 10.7. The maximum Gasteiger partial charge on any atom is 0.255 e. The number of para-hydroxylation sites is 1. The van der Waals surface area contributed by atoms with Crippen LogP contribution in [0.25, 0.3) is 10.9 Å². The summed E-state index contributed by atoms with van der Waals surface area (Å²) in [4.78, 5) is 13.8. The van der Waals surface area contributed by atoms with Gasteiger partial charge >= 0.3 is 0 Å². The summed E-state index contributed by atoms with van der Waals surface area (Å²) in [5, 5.41) is 6.71. The maximum atomic E-state index is 12.5. The average molecular weight is 312 g/mol. The predicted molar refractivity (Wildman–Crippen MR) is 93.4 cm³/mol. The van der Waals surface area contributed by atoms with Gasteiger partial charge in [0.15, 0.2) is 0 Å². The van der Waals surface area contributed by atoms with E-state index in [0.29, 0.717) is 12.6 Å². The summed E-state index contributed by atoms with van der Waals surface area (Å²) >= 11 is 1.75. The molecule has 1 atom stereocenters. The van der Waals surface area contributed by atoms with Crippen LogP contribution in [0.3, 0.4) is 0 Å². The van der Waals surface area contributed by atoms with Crippen molar-refractivity contribution in [1.82, 2.24) is 9.88 Å². The lowest BCUT2D eigenvalue weighted by Crippen LogP contribution is -2.27. The Morgan fingerprint density at radius 2 is 2.05 bits per heavy atom. The molecule has 1 aromatic carbocycles. The number of rotatable bonds is 5.